The van der Waals surface area contributed by atoms with Gasteiger partial charge in [0.05, 0.1) is 12.2 Å². The third-order valence-corrected chi connectivity index (χ3v) is 4.93. The van der Waals surface area contributed by atoms with E-state index in [0.717, 1.165) is 25.9 Å². The van der Waals surface area contributed by atoms with E-state index < -0.39 is 42.3 Å². The number of H-pyrrole nitrogens is 1. The summed E-state index contributed by atoms with van der Waals surface area (Å²) in [4.78, 5) is 28.7. The van der Waals surface area contributed by atoms with Crippen molar-refractivity contribution in [1.29, 1.82) is 0 Å². The molecule has 24 heavy (non-hydrogen) atoms. The van der Waals surface area contributed by atoms with E-state index in [4.69, 9.17) is 4.74 Å². The van der Waals surface area contributed by atoms with Gasteiger partial charge in [0.15, 0.2) is 0 Å². The van der Waals surface area contributed by atoms with Gasteiger partial charge < -0.3 is 25.0 Å². The van der Waals surface area contributed by atoms with Crippen LogP contribution in [0.25, 0.3) is 0 Å². The Labute approximate surface area is 138 Å². The van der Waals surface area contributed by atoms with Gasteiger partial charge in [-0.15, -0.1) is 0 Å². The van der Waals surface area contributed by atoms with Crippen LogP contribution in [-0.4, -0.2) is 74.8 Å². The zero-order valence-corrected chi connectivity index (χ0v) is 13.5. The fraction of sp³-hybridized carbons (Fsp3) is 0.733. The molecular formula is C15H23N3O6. The molecular weight excluding hydrogens is 318 g/mol. The minimum absolute atomic E-state index is 0.0404. The molecule has 3 heterocycles. The van der Waals surface area contributed by atoms with E-state index >= 15 is 0 Å². The van der Waals surface area contributed by atoms with Crippen LogP contribution in [0.1, 0.15) is 30.6 Å². The number of piperidine rings is 1. The van der Waals surface area contributed by atoms with Crippen molar-refractivity contribution in [2.75, 3.05) is 26.7 Å². The van der Waals surface area contributed by atoms with E-state index in [2.05, 4.69) is 9.88 Å². The van der Waals surface area contributed by atoms with Gasteiger partial charge in [0.25, 0.3) is 5.56 Å². The highest BCUT2D eigenvalue weighted by Crippen LogP contribution is 2.32. The maximum Gasteiger partial charge on any atom is 0.328 e. The number of aliphatic hydroxyl groups excluding tert-OH is 3. The van der Waals surface area contributed by atoms with Crippen LogP contribution < -0.4 is 11.2 Å². The van der Waals surface area contributed by atoms with Gasteiger partial charge in [0, 0.05) is 12.2 Å². The summed E-state index contributed by atoms with van der Waals surface area (Å²) in [7, 11) is 2.01. The highest BCUT2D eigenvalue weighted by atomic mass is 16.6. The van der Waals surface area contributed by atoms with E-state index in [-0.39, 0.29) is 11.6 Å². The van der Waals surface area contributed by atoms with Gasteiger partial charge in [-0.05, 0) is 33.0 Å². The molecule has 2 aliphatic heterocycles. The summed E-state index contributed by atoms with van der Waals surface area (Å²) in [6.45, 7) is 1.22. The van der Waals surface area contributed by atoms with Gasteiger partial charge in [0.1, 0.15) is 24.4 Å². The molecule has 0 saturated carbocycles. The predicted molar refractivity (Wildman–Crippen MR) is 83.8 cm³/mol. The highest BCUT2D eigenvalue weighted by Gasteiger charge is 2.44. The summed E-state index contributed by atoms with van der Waals surface area (Å²) in [5.74, 6) is 0. The molecule has 9 heteroatoms. The summed E-state index contributed by atoms with van der Waals surface area (Å²) >= 11 is 0. The van der Waals surface area contributed by atoms with E-state index in [9.17, 15) is 24.9 Å². The van der Waals surface area contributed by atoms with Crippen molar-refractivity contribution in [3.63, 3.8) is 0 Å². The molecule has 1 aromatic rings. The Kier molecular flexibility index (Phi) is 4.88. The quantitative estimate of drug-likeness (QED) is 0.498. The lowest BCUT2D eigenvalue weighted by atomic mass is 10.0. The lowest BCUT2D eigenvalue weighted by molar-refractivity contribution is -0.0234. The average molecular weight is 341 g/mol. The topological polar surface area (TPSA) is 128 Å². The number of hydrogen-bond donors (Lipinski definition) is 4. The summed E-state index contributed by atoms with van der Waals surface area (Å²) < 4.78 is 6.88. The number of ether oxygens (including phenoxy) is 1. The van der Waals surface area contributed by atoms with E-state index in [1.54, 1.807) is 0 Å². The second-order valence-corrected chi connectivity index (χ2v) is 6.54. The fourth-order valence-electron chi connectivity index (χ4n) is 3.40. The molecule has 2 saturated heterocycles. The van der Waals surface area contributed by atoms with Crippen molar-refractivity contribution in [3.05, 3.63) is 32.6 Å². The Balaban J connectivity index is 1.93. The number of rotatable bonds is 3. The van der Waals surface area contributed by atoms with Gasteiger partial charge in [-0.1, -0.05) is 0 Å². The molecule has 0 spiro atoms. The molecule has 2 unspecified atom stereocenters. The Morgan fingerprint density at radius 3 is 2.50 bits per heavy atom. The maximum atomic E-state index is 12.2. The normalized spacial score (nSPS) is 32.3. The second kappa shape index (κ2) is 6.77. The van der Waals surface area contributed by atoms with Crippen LogP contribution in [0.3, 0.4) is 0 Å². The van der Waals surface area contributed by atoms with E-state index in [1.165, 1.54) is 10.8 Å². The van der Waals surface area contributed by atoms with E-state index in [1.807, 2.05) is 7.05 Å². The smallest absolute Gasteiger partial charge is 0.328 e. The van der Waals surface area contributed by atoms with Crippen molar-refractivity contribution in [1.82, 2.24) is 14.5 Å². The summed E-state index contributed by atoms with van der Waals surface area (Å²) in [6, 6.07) is -0.0404. The van der Waals surface area contributed by atoms with Crippen molar-refractivity contribution < 1.29 is 20.1 Å². The monoisotopic (exact) mass is 341 g/mol. The summed E-state index contributed by atoms with van der Waals surface area (Å²) in [5.41, 5.74) is -1.07. The molecule has 0 aliphatic carbocycles. The molecule has 3 rings (SSSR count). The van der Waals surface area contributed by atoms with Crippen molar-refractivity contribution in [3.8, 4) is 0 Å². The van der Waals surface area contributed by atoms with E-state index in [0.29, 0.717) is 0 Å². The minimum Gasteiger partial charge on any atom is -0.394 e. The SMILES string of the molecule is CN1CCC(n2cc([C@@H]3O[C@H](CO)C(O)C3O)c(=O)[nH]c2=O)CC1. The van der Waals surface area contributed by atoms with Crippen molar-refractivity contribution in [2.24, 2.45) is 0 Å². The molecule has 4 N–H and O–H groups in total. The molecule has 4 atom stereocenters. The Bertz CT molecular complexity index is 693. The van der Waals surface area contributed by atoms with Crippen LogP contribution >= 0.6 is 0 Å². The highest BCUT2D eigenvalue weighted by molar-refractivity contribution is 5.15. The van der Waals surface area contributed by atoms with Crippen molar-refractivity contribution >= 4 is 0 Å². The van der Waals surface area contributed by atoms with Crippen LogP contribution in [0.15, 0.2) is 15.8 Å². The lowest BCUT2D eigenvalue weighted by Crippen LogP contribution is -2.40. The van der Waals surface area contributed by atoms with Gasteiger partial charge in [-0.25, -0.2) is 4.79 Å². The fourth-order valence-corrected chi connectivity index (χ4v) is 3.40. The summed E-state index contributed by atoms with van der Waals surface area (Å²) in [5, 5.41) is 29.1. The summed E-state index contributed by atoms with van der Waals surface area (Å²) in [6.07, 6.45) is -1.71. The zero-order chi connectivity index (χ0) is 17.4. The van der Waals surface area contributed by atoms with Crippen LogP contribution in [0.4, 0.5) is 0 Å². The first-order valence-corrected chi connectivity index (χ1v) is 8.08. The number of aromatic nitrogens is 2. The first-order chi connectivity index (χ1) is 11.4. The number of aromatic amines is 1. The molecule has 0 bridgehead atoms. The van der Waals surface area contributed by atoms with Crippen LogP contribution in [-0.2, 0) is 4.74 Å². The second-order valence-electron chi connectivity index (χ2n) is 6.54. The Hall–Kier alpha value is -1.52. The van der Waals surface area contributed by atoms with Gasteiger partial charge in [-0.3, -0.25) is 14.3 Å². The molecule has 134 valence electrons. The maximum absolute atomic E-state index is 12.2. The Morgan fingerprint density at radius 2 is 1.92 bits per heavy atom. The number of nitrogens with one attached hydrogen (secondary N) is 1. The number of aliphatic hydroxyl groups is 3. The first-order valence-electron chi connectivity index (χ1n) is 8.08. The number of nitrogens with zero attached hydrogens (tertiary/aromatic N) is 2. The molecule has 0 amide bonds. The number of hydrogen-bond acceptors (Lipinski definition) is 7. The van der Waals surface area contributed by atoms with Gasteiger partial charge in [0.2, 0.25) is 0 Å². The molecule has 2 aliphatic rings. The molecule has 2 fully saturated rings. The minimum atomic E-state index is -1.34. The molecule has 1 aromatic heterocycles. The largest absolute Gasteiger partial charge is 0.394 e. The number of likely N-dealkylation sites (tertiary alicyclic amines) is 1. The molecule has 9 nitrogen and oxygen atoms in total. The van der Waals surface area contributed by atoms with Crippen LogP contribution in [0.2, 0.25) is 0 Å². The van der Waals surface area contributed by atoms with Crippen LogP contribution in [0.5, 0.6) is 0 Å². The van der Waals surface area contributed by atoms with Crippen molar-refractivity contribution in [2.45, 2.75) is 43.3 Å². The van der Waals surface area contributed by atoms with Crippen LogP contribution in [0, 0.1) is 0 Å². The Morgan fingerprint density at radius 1 is 1.25 bits per heavy atom. The third kappa shape index (κ3) is 3.05. The van der Waals surface area contributed by atoms with Gasteiger partial charge >= 0.3 is 5.69 Å². The average Bonchev–Trinajstić information content (AvgIpc) is 2.84. The lowest BCUT2D eigenvalue weighted by Gasteiger charge is -2.30. The van der Waals surface area contributed by atoms with Gasteiger partial charge in [-0.2, -0.15) is 0 Å². The predicted octanol–water partition coefficient (Wildman–Crippen LogP) is -2.04. The zero-order valence-electron chi connectivity index (χ0n) is 13.5. The first kappa shape index (κ1) is 17.3. The molecule has 0 radical (unpaired) electrons. The standard InChI is InChI=1S/C15H23N3O6/c1-17-4-2-8(3-5-17)18-6-9(14(22)16-15(18)23)13-12(21)11(20)10(7-19)24-13/h6,8,10-13,19-21H,2-5,7H2,1H3,(H,16,22,23)/t10-,11?,12?,13+/m1/s1. The third-order valence-electron chi connectivity index (χ3n) is 4.93. The molecule has 0 aromatic carbocycles.